The summed E-state index contributed by atoms with van der Waals surface area (Å²) in [6.45, 7) is 1.96. The molecule has 9 nitrogen and oxygen atoms in total. The number of hydrogen-bond donors (Lipinski definition) is 1. The highest BCUT2D eigenvalue weighted by atomic mass is 32.2. The number of nitrogens with zero attached hydrogens (tertiary/aromatic N) is 4. The third kappa shape index (κ3) is 5.64. The number of aryl methyl sites for hydroxylation is 1. The SMILES string of the molecule is COc1cccc(-n2c(SCC(=O)Nc3cccc(C)c3)nnc2-c2cn(S(=O)(=O)c3ccccc3)c3ccccc23)c1. The van der Waals surface area contributed by atoms with Crippen LogP contribution in [0.4, 0.5) is 5.69 Å². The maximum atomic E-state index is 13.7. The van der Waals surface area contributed by atoms with E-state index in [0.717, 1.165) is 5.56 Å². The number of carbonyl (C=O) groups is 1. The molecule has 0 radical (unpaired) electrons. The van der Waals surface area contributed by atoms with E-state index in [9.17, 15) is 13.2 Å². The zero-order valence-corrected chi connectivity index (χ0v) is 25.0. The number of methoxy groups -OCH3 is 1. The zero-order valence-electron chi connectivity index (χ0n) is 23.3. The molecule has 6 rings (SSSR count). The number of benzene rings is 4. The maximum Gasteiger partial charge on any atom is 0.268 e. The Morgan fingerprint density at radius 3 is 2.47 bits per heavy atom. The molecular formula is C32H27N5O4S2. The van der Waals surface area contributed by atoms with Crippen LogP contribution in [0, 0.1) is 6.92 Å². The van der Waals surface area contributed by atoms with Gasteiger partial charge >= 0.3 is 0 Å². The van der Waals surface area contributed by atoms with Crippen molar-refractivity contribution in [2.45, 2.75) is 17.0 Å². The van der Waals surface area contributed by atoms with Crippen LogP contribution in [0.15, 0.2) is 119 Å². The number of carbonyl (C=O) groups excluding carboxylic acids is 1. The lowest BCUT2D eigenvalue weighted by atomic mass is 10.1. The Bertz CT molecular complexity index is 2050. The topological polar surface area (TPSA) is 108 Å². The Morgan fingerprint density at radius 2 is 1.67 bits per heavy atom. The summed E-state index contributed by atoms with van der Waals surface area (Å²) < 4.78 is 36.0. The third-order valence-corrected chi connectivity index (χ3v) is 9.41. The van der Waals surface area contributed by atoms with Gasteiger partial charge in [-0.3, -0.25) is 9.36 Å². The van der Waals surface area contributed by atoms with E-state index in [1.165, 1.54) is 15.7 Å². The Balaban J connectivity index is 1.44. The van der Waals surface area contributed by atoms with Crippen LogP contribution >= 0.6 is 11.8 Å². The molecule has 0 aliphatic rings. The quantitative estimate of drug-likeness (QED) is 0.195. The van der Waals surface area contributed by atoms with Crippen molar-refractivity contribution in [2.24, 2.45) is 0 Å². The van der Waals surface area contributed by atoms with Crippen molar-refractivity contribution in [3.05, 3.63) is 115 Å². The van der Waals surface area contributed by atoms with Gasteiger partial charge in [0.25, 0.3) is 10.0 Å². The zero-order chi connectivity index (χ0) is 30.0. The molecular weight excluding hydrogens is 583 g/mol. The van der Waals surface area contributed by atoms with Gasteiger partial charge in [0.2, 0.25) is 5.91 Å². The molecule has 216 valence electrons. The van der Waals surface area contributed by atoms with Gasteiger partial charge in [-0.25, -0.2) is 12.4 Å². The monoisotopic (exact) mass is 609 g/mol. The van der Waals surface area contributed by atoms with Gasteiger partial charge in [0.05, 0.1) is 29.0 Å². The maximum absolute atomic E-state index is 13.7. The number of anilines is 1. The summed E-state index contributed by atoms with van der Waals surface area (Å²) in [5, 5.41) is 13.0. The normalized spacial score (nSPS) is 11.5. The Kier molecular flexibility index (Phi) is 7.75. The largest absolute Gasteiger partial charge is 0.497 e. The van der Waals surface area contributed by atoms with Crippen molar-refractivity contribution in [2.75, 3.05) is 18.2 Å². The molecule has 11 heteroatoms. The van der Waals surface area contributed by atoms with Gasteiger partial charge in [-0.1, -0.05) is 66.4 Å². The van der Waals surface area contributed by atoms with Crippen LogP contribution < -0.4 is 10.1 Å². The summed E-state index contributed by atoms with van der Waals surface area (Å²) in [5.74, 6) is 0.940. The molecule has 1 N–H and O–H groups in total. The number of para-hydroxylation sites is 1. The van der Waals surface area contributed by atoms with E-state index >= 15 is 0 Å². The molecule has 0 atom stereocenters. The first kappa shape index (κ1) is 28.3. The molecule has 0 aliphatic carbocycles. The molecule has 2 heterocycles. The standard InChI is InChI=1S/C32H27N5O4S2/c1-22-10-8-11-23(18-22)33-30(38)21-42-32-35-34-31(37(32)24-12-9-13-25(19-24)41-2)28-20-36(29-17-7-6-16-27(28)29)43(39,40)26-14-4-3-5-15-26/h3-20H,21H2,1-2H3,(H,33,38). The van der Waals surface area contributed by atoms with Gasteiger partial charge in [-0.2, -0.15) is 0 Å². The molecule has 43 heavy (non-hydrogen) atoms. The number of aromatic nitrogens is 4. The number of nitrogens with one attached hydrogen (secondary N) is 1. The van der Waals surface area contributed by atoms with E-state index in [4.69, 9.17) is 4.74 Å². The van der Waals surface area contributed by atoms with Crippen LogP contribution in [0.3, 0.4) is 0 Å². The van der Waals surface area contributed by atoms with Crippen molar-refractivity contribution in [1.29, 1.82) is 0 Å². The number of ether oxygens (including phenoxy) is 1. The average molecular weight is 610 g/mol. The highest BCUT2D eigenvalue weighted by Crippen LogP contribution is 2.36. The summed E-state index contributed by atoms with van der Waals surface area (Å²) >= 11 is 1.23. The minimum atomic E-state index is -3.91. The second-order valence-corrected chi connectivity index (χ2v) is 12.5. The number of thioether (sulfide) groups is 1. The van der Waals surface area contributed by atoms with Crippen LogP contribution in [0.5, 0.6) is 5.75 Å². The van der Waals surface area contributed by atoms with Crippen molar-refractivity contribution in [1.82, 2.24) is 18.7 Å². The summed E-state index contributed by atoms with van der Waals surface area (Å²) in [5.41, 5.74) is 3.53. The summed E-state index contributed by atoms with van der Waals surface area (Å²) in [7, 11) is -2.32. The lowest BCUT2D eigenvalue weighted by Gasteiger charge is -2.11. The molecule has 6 aromatic rings. The molecule has 0 spiro atoms. The minimum Gasteiger partial charge on any atom is -0.497 e. The molecule has 0 fully saturated rings. The van der Waals surface area contributed by atoms with E-state index in [2.05, 4.69) is 15.5 Å². The van der Waals surface area contributed by atoms with Crippen LogP contribution in [0.1, 0.15) is 5.56 Å². The van der Waals surface area contributed by atoms with Gasteiger partial charge in [0.1, 0.15) is 5.75 Å². The van der Waals surface area contributed by atoms with Crippen molar-refractivity contribution < 1.29 is 17.9 Å². The summed E-state index contributed by atoms with van der Waals surface area (Å²) in [6, 6.07) is 30.5. The minimum absolute atomic E-state index is 0.0835. The second kappa shape index (κ2) is 11.8. The van der Waals surface area contributed by atoms with Crippen LogP contribution in [0.25, 0.3) is 28.0 Å². The lowest BCUT2D eigenvalue weighted by molar-refractivity contribution is -0.113. The first-order chi connectivity index (χ1) is 20.8. The molecule has 1 amide bonds. The van der Waals surface area contributed by atoms with E-state index in [1.54, 1.807) is 55.8 Å². The van der Waals surface area contributed by atoms with Crippen molar-refractivity contribution in [3.63, 3.8) is 0 Å². The smallest absolute Gasteiger partial charge is 0.268 e. The number of rotatable bonds is 9. The first-order valence-electron chi connectivity index (χ1n) is 13.4. The van der Waals surface area contributed by atoms with Crippen LogP contribution in [-0.4, -0.2) is 45.9 Å². The van der Waals surface area contributed by atoms with E-state index in [0.29, 0.717) is 44.6 Å². The first-order valence-corrected chi connectivity index (χ1v) is 15.8. The summed E-state index contributed by atoms with van der Waals surface area (Å²) in [6.07, 6.45) is 1.58. The van der Waals surface area contributed by atoms with E-state index in [-0.39, 0.29) is 16.6 Å². The predicted octanol–water partition coefficient (Wildman–Crippen LogP) is 6.17. The van der Waals surface area contributed by atoms with Gasteiger partial charge < -0.3 is 10.1 Å². The third-order valence-electron chi connectivity index (χ3n) is 6.80. The van der Waals surface area contributed by atoms with Crippen LogP contribution in [-0.2, 0) is 14.8 Å². The number of fused-ring (bicyclic) bond motifs is 1. The van der Waals surface area contributed by atoms with Crippen LogP contribution in [0.2, 0.25) is 0 Å². The highest BCUT2D eigenvalue weighted by Gasteiger charge is 2.25. The van der Waals surface area contributed by atoms with E-state index in [1.807, 2.05) is 72.2 Å². The van der Waals surface area contributed by atoms with Gasteiger partial charge in [-0.15, -0.1) is 10.2 Å². The van der Waals surface area contributed by atoms with Gasteiger partial charge in [0.15, 0.2) is 11.0 Å². The molecule has 0 saturated carbocycles. The number of hydrogen-bond acceptors (Lipinski definition) is 7. The molecule has 4 aromatic carbocycles. The Labute approximate surface area is 253 Å². The Hall–Kier alpha value is -4.87. The molecule has 2 aromatic heterocycles. The summed E-state index contributed by atoms with van der Waals surface area (Å²) in [4.78, 5) is 13.0. The molecule has 0 saturated heterocycles. The fraction of sp³-hybridized carbons (Fsp3) is 0.0938. The van der Waals surface area contributed by atoms with Crippen molar-refractivity contribution >= 4 is 44.3 Å². The molecule has 0 bridgehead atoms. The predicted molar refractivity (Wildman–Crippen MR) is 168 cm³/mol. The molecule has 0 aliphatic heterocycles. The average Bonchev–Trinajstić information content (AvgIpc) is 3.62. The fourth-order valence-corrected chi connectivity index (χ4v) is 6.95. The van der Waals surface area contributed by atoms with E-state index < -0.39 is 10.0 Å². The highest BCUT2D eigenvalue weighted by molar-refractivity contribution is 7.99. The second-order valence-electron chi connectivity index (χ2n) is 9.72. The fourth-order valence-electron chi connectivity index (χ4n) is 4.80. The lowest BCUT2D eigenvalue weighted by Crippen LogP contribution is -2.14. The Morgan fingerprint density at radius 1 is 0.907 bits per heavy atom. The van der Waals surface area contributed by atoms with Crippen molar-refractivity contribution in [3.8, 4) is 22.8 Å². The number of amides is 1. The van der Waals surface area contributed by atoms with Gasteiger partial charge in [0, 0.05) is 28.9 Å². The molecule has 0 unspecified atom stereocenters. The van der Waals surface area contributed by atoms with Gasteiger partial charge in [-0.05, 0) is 55.0 Å².